The molecular formula is C11H14ClNS2. The summed E-state index contributed by atoms with van der Waals surface area (Å²) in [4.78, 5) is 0. The van der Waals surface area contributed by atoms with Crippen LogP contribution in [-0.2, 0) is 0 Å². The summed E-state index contributed by atoms with van der Waals surface area (Å²) in [6, 6.07) is 7.54. The minimum Gasteiger partial charge on any atom is -0.341 e. The molecule has 0 aliphatic heterocycles. The molecule has 0 amide bonds. The average Bonchev–Trinajstić information content (AvgIpc) is 2.21. The number of rotatable bonds is 3. The summed E-state index contributed by atoms with van der Waals surface area (Å²) < 4.78 is 0.812. The van der Waals surface area contributed by atoms with Gasteiger partial charge in [0.25, 0.3) is 0 Å². The van der Waals surface area contributed by atoms with Crippen LogP contribution >= 0.6 is 35.6 Å². The van der Waals surface area contributed by atoms with Gasteiger partial charge in [-0.2, -0.15) is 0 Å². The molecule has 1 nitrogen and oxygen atoms in total. The molecule has 0 aliphatic carbocycles. The molecular weight excluding hydrogens is 246 g/mol. The summed E-state index contributed by atoms with van der Waals surface area (Å²) in [6.45, 7) is 4.32. The third-order valence-corrected chi connectivity index (χ3v) is 3.67. The van der Waals surface area contributed by atoms with E-state index >= 15 is 0 Å². The maximum atomic E-state index is 5.79. The van der Waals surface area contributed by atoms with Gasteiger partial charge in [-0.3, -0.25) is 0 Å². The zero-order chi connectivity index (χ0) is 11.3. The minimum atomic E-state index is 0.553. The van der Waals surface area contributed by atoms with Crippen molar-refractivity contribution in [3.05, 3.63) is 29.3 Å². The monoisotopic (exact) mass is 259 g/mol. The van der Waals surface area contributed by atoms with E-state index in [-0.39, 0.29) is 0 Å². The second-order valence-corrected chi connectivity index (χ2v) is 5.81. The van der Waals surface area contributed by atoms with E-state index in [1.165, 1.54) is 0 Å². The van der Waals surface area contributed by atoms with E-state index in [9.17, 15) is 0 Å². The molecule has 15 heavy (non-hydrogen) atoms. The molecule has 82 valence electrons. The number of halogens is 1. The lowest BCUT2D eigenvalue weighted by Crippen LogP contribution is -2.08. The van der Waals surface area contributed by atoms with Crippen molar-refractivity contribution in [1.82, 2.24) is 0 Å². The zero-order valence-electron chi connectivity index (χ0n) is 8.79. The fourth-order valence-electron chi connectivity index (χ4n) is 0.947. The molecule has 1 aromatic carbocycles. The molecule has 0 aliphatic rings. The molecule has 1 N–H and O–H groups in total. The van der Waals surface area contributed by atoms with E-state index in [2.05, 4.69) is 19.2 Å². The highest BCUT2D eigenvalue weighted by atomic mass is 35.5. The highest BCUT2D eigenvalue weighted by Crippen LogP contribution is 2.19. The average molecular weight is 260 g/mol. The first-order valence-electron chi connectivity index (χ1n) is 4.85. The van der Waals surface area contributed by atoms with E-state index in [1.54, 1.807) is 11.8 Å². The quantitative estimate of drug-likeness (QED) is 0.799. The van der Waals surface area contributed by atoms with Crippen LogP contribution in [0.4, 0.5) is 5.69 Å². The van der Waals surface area contributed by atoms with Gasteiger partial charge in [-0.15, -0.1) is 0 Å². The van der Waals surface area contributed by atoms with Crippen LogP contribution in [0.15, 0.2) is 24.3 Å². The number of hydrogen-bond donors (Lipinski definition) is 1. The fraction of sp³-hybridized carbons (Fsp3) is 0.364. The van der Waals surface area contributed by atoms with Crippen molar-refractivity contribution in [2.75, 3.05) is 5.32 Å². The lowest BCUT2D eigenvalue weighted by molar-refractivity contribution is 0.911. The Hall–Kier alpha value is -0.250. The standard InChI is InChI=1S/C11H14ClNS2/c1-3-8(2)15-11(14)13-10-6-4-9(12)5-7-10/h4-8H,3H2,1-2H3,(H,13,14)/t8-/m0/s1. The zero-order valence-corrected chi connectivity index (χ0v) is 11.2. The number of thioether (sulfide) groups is 1. The molecule has 4 heteroatoms. The predicted molar refractivity (Wildman–Crippen MR) is 75.0 cm³/mol. The Morgan fingerprint density at radius 2 is 2.07 bits per heavy atom. The van der Waals surface area contributed by atoms with Crippen molar-refractivity contribution < 1.29 is 0 Å². The number of nitrogens with one attached hydrogen (secondary N) is 1. The summed E-state index contributed by atoms with van der Waals surface area (Å²) >= 11 is 12.7. The van der Waals surface area contributed by atoms with E-state index in [4.69, 9.17) is 23.8 Å². The van der Waals surface area contributed by atoms with Gasteiger partial charge in [0.15, 0.2) is 0 Å². The topological polar surface area (TPSA) is 12.0 Å². The van der Waals surface area contributed by atoms with Crippen molar-refractivity contribution in [2.24, 2.45) is 0 Å². The van der Waals surface area contributed by atoms with Crippen molar-refractivity contribution in [3.63, 3.8) is 0 Å². The van der Waals surface area contributed by atoms with Crippen LogP contribution in [0.1, 0.15) is 20.3 Å². The first kappa shape index (κ1) is 12.8. The van der Waals surface area contributed by atoms with Crippen LogP contribution in [0.2, 0.25) is 5.02 Å². The Labute approximate surface area is 106 Å². The first-order chi connectivity index (χ1) is 7.11. The molecule has 0 spiro atoms. The van der Waals surface area contributed by atoms with Crippen LogP contribution in [0.3, 0.4) is 0 Å². The SMILES string of the molecule is CC[C@H](C)SC(=S)Nc1ccc(Cl)cc1. The van der Waals surface area contributed by atoms with Gasteiger partial charge in [0.05, 0.1) is 0 Å². The summed E-state index contributed by atoms with van der Waals surface area (Å²) in [5.74, 6) is 0. The highest BCUT2D eigenvalue weighted by molar-refractivity contribution is 8.23. The van der Waals surface area contributed by atoms with Gasteiger partial charge in [0, 0.05) is 16.0 Å². The summed E-state index contributed by atoms with van der Waals surface area (Å²) in [7, 11) is 0. The summed E-state index contributed by atoms with van der Waals surface area (Å²) in [5.41, 5.74) is 0.986. The predicted octanol–water partition coefficient (Wildman–Crippen LogP) is 4.57. The Kier molecular flexibility index (Phi) is 5.43. The molecule has 0 bridgehead atoms. The van der Waals surface area contributed by atoms with E-state index in [0.717, 1.165) is 21.5 Å². The number of benzene rings is 1. The van der Waals surface area contributed by atoms with Gasteiger partial charge in [0.2, 0.25) is 0 Å². The smallest absolute Gasteiger partial charge is 0.138 e. The second-order valence-electron chi connectivity index (χ2n) is 3.26. The third-order valence-electron chi connectivity index (χ3n) is 1.97. The van der Waals surface area contributed by atoms with Crippen molar-refractivity contribution in [2.45, 2.75) is 25.5 Å². The maximum Gasteiger partial charge on any atom is 0.138 e. The maximum absolute atomic E-state index is 5.79. The molecule has 1 aromatic rings. The lowest BCUT2D eigenvalue weighted by Gasteiger charge is -2.11. The van der Waals surface area contributed by atoms with Crippen LogP contribution in [0.5, 0.6) is 0 Å². The van der Waals surface area contributed by atoms with Gasteiger partial charge < -0.3 is 5.32 Å². The molecule has 1 rings (SSSR count). The first-order valence-corrected chi connectivity index (χ1v) is 6.51. The molecule has 1 atom stereocenters. The third kappa shape index (κ3) is 4.87. The normalized spacial score (nSPS) is 12.2. The van der Waals surface area contributed by atoms with Gasteiger partial charge in [0.1, 0.15) is 4.32 Å². The van der Waals surface area contributed by atoms with Gasteiger partial charge in [-0.05, 0) is 30.7 Å². The van der Waals surface area contributed by atoms with Crippen LogP contribution < -0.4 is 5.32 Å². The molecule has 0 fully saturated rings. The van der Waals surface area contributed by atoms with Gasteiger partial charge in [-0.1, -0.05) is 49.4 Å². The number of thiocarbonyl (C=S) groups is 1. The number of anilines is 1. The Morgan fingerprint density at radius 1 is 1.47 bits per heavy atom. The Morgan fingerprint density at radius 3 is 2.60 bits per heavy atom. The molecule has 0 radical (unpaired) electrons. The summed E-state index contributed by atoms with van der Waals surface area (Å²) in [6.07, 6.45) is 1.12. The molecule has 0 saturated carbocycles. The van der Waals surface area contributed by atoms with Crippen LogP contribution in [0.25, 0.3) is 0 Å². The molecule has 0 aromatic heterocycles. The molecule has 0 heterocycles. The Balaban J connectivity index is 2.48. The van der Waals surface area contributed by atoms with E-state index in [0.29, 0.717) is 5.25 Å². The van der Waals surface area contributed by atoms with E-state index in [1.807, 2.05) is 24.3 Å². The van der Waals surface area contributed by atoms with Gasteiger partial charge in [-0.25, -0.2) is 0 Å². The summed E-state index contributed by atoms with van der Waals surface area (Å²) in [5, 5.41) is 4.46. The van der Waals surface area contributed by atoms with Gasteiger partial charge >= 0.3 is 0 Å². The van der Waals surface area contributed by atoms with Crippen LogP contribution in [-0.4, -0.2) is 9.57 Å². The largest absolute Gasteiger partial charge is 0.341 e. The van der Waals surface area contributed by atoms with Crippen molar-refractivity contribution in [3.8, 4) is 0 Å². The van der Waals surface area contributed by atoms with E-state index < -0.39 is 0 Å². The van der Waals surface area contributed by atoms with Crippen molar-refractivity contribution >= 4 is 45.6 Å². The van der Waals surface area contributed by atoms with Crippen molar-refractivity contribution in [1.29, 1.82) is 0 Å². The molecule has 0 unspecified atom stereocenters. The molecule has 0 saturated heterocycles. The fourth-order valence-corrected chi connectivity index (χ4v) is 2.39. The highest BCUT2D eigenvalue weighted by Gasteiger charge is 2.04. The number of hydrogen-bond acceptors (Lipinski definition) is 2. The minimum absolute atomic E-state index is 0.553. The second kappa shape index (κ2) is 6.36. The lowest BCUT2D eigenvalue weighted by atomic mass is 10.3. The van der Waals surface area contributed by atoms with Crippen LogP contribution in [0, 0.1) is 0 Å². The Bertz CT molecular complexity index is 324.